The van der Waals surface area contributed by atoms with E-state index in [-0.39, 0.29) is 0 Å². The molecule has 0 radical (unpaired) electrons. The van der Waals surface area contributed by atoms with E-state index in [1.54, 1.807) is 0 Å². The number of nitrogens with one attached hydrogen (secondary N) is 1. The third-order valence-corrected chi connectivity index (χ3v) is 3.41. The second-order valence-electron chi connectivity index (χ2n) is 4.83. The van der Waals surface area contributed by atoms with Crippen molar-refractivity contribution in [2.45, 2.75) is 19.9 Å². The Morgan fingerprint density at radius 2 is 1.65 bits per heavy atom. The van der Waals surface area contributed by atoms with Gasteiger partial charge in [0.25, 0.3) is 0 Å². The largest absolute Gasteiger partial charge is 0.354 e. The number of nitrogens with zero attached hydrogens (tertiary/aromatic N) is 2. The Labute approximate surface area is 104 Å². The molecule has 1 aromatic carbocycles. The van der Waals surface area contributed by atoms with Gasteiger partial charge in [-0.25, -0.2) is 0 Å². The Morgan fingerprint density at radius 1 is 1.06 bits per heavy atom. The molecule has 0 saturated carbocycles. The van der Waals surface area contributed by atoms with Crippen molar-refractivity contribution < 1.29 is 0 Å². The Kier molecular flexibility index (Phi) is 3.79. The number of benzene rings is 1. The molecular weight excluding hydrogens is 210 g/mol. The maximum atomic E-state index is 8.20. The highest BCUT2D eigenvalue weighted by molar-refractivity contribution is 5.96. The molecule has 1 N–H and O–H groups in total. The summed E-state index contributed by atoms with van der Waals surface area (Å²) in [6.07, 6.45) is 0. The van der Waals surface area contributed by atoms with E-state index in [4.69, 9.17) is 5.41 Å². The molecule has 0 spiro atoms. The zero-order valence-corrected chi connectivity index (χ0v) is 10.7. The first-order valence-corrected chi connectivity index (χ1v) is 6.31. The fourth-order valence-corrected chi connectivity index (χ4v) is 2.24. The average Bonchev–Trinajstić information content (AvgIpc) is 2.39. The Bertz CT molecular complexity index is 364. The van der Waals surface area contributed by atoms with Crippen molar-refractivity contribution in [1.29, 1.82) is 5.41 Å². The predicted molar refractivity (Wildman–Crippen MR) is 71.6 cm³/mol. The molecule has 1 aromatic rings. The van der Waals surface area contributed by atoms with Gasteiger partial charge in [0.05, 0.1) is 0 Å². The third kappa shape index (κ3) is 2.86. The topological polar surface area (TPSA) is 30.3 Å². The second-order valence-corrected chi connectivity index (χ2v) is 4.83. The van der Waals surface area contributed by atoms with Crippen molar-refractivity contribution in [3.63, 3.8) is 0 Å². The molecule has 0 amide bonds. The van der Waals surface area contributed by atoms with Gasteiger partial charge in [-0.1, -0.05) is 30.3 Å². The summed E-state index contributed by atoms with van der Waals surface area (Å²) in [5.41, 5.74) is 1.02. The second kappa shape index (κ2) is 5.32. The van der Waals surface area contributed by atoms with Crippen LogP contribution >= 0.6 is 0 Å². The molecule has 2 rings (SSSR count). The summed E-state index contributed by atoms with van der Waals surface area (Å²) in [7, 11) is 0. The quantitative estimate of drug-likeness (QED) is 0.623. The Morgan fingerprint density at radius 3 is 2.18 bits per heavy atom. The molecule has 0 unspecified atom stereocenters. The van der Waals surface area contributed by atoms with E-state index >= 15 is 0 Å². The van der Waals surface area contributed by atoms with Crippen molar-refractivity contribution in [3.8, 4) is 0 Å². The van der Waals surface area contributed by atoms with Crippen LogP contribution in [0.3, 0.4) is 0 Å². The third-order valence-electron chi connectivity index (χ3n) is 3.41. The van der Waals surface area contributed by atoms with E-state index in [0.29, 0.717) is 11.9 Å². The van der Waals surface area contributed by atoms with Gasteiger partial charge in [0.15, 0.2) is 0 Å². The van der Waals surface area contributed by atoms with Crippen LogP contribution in [0.2, 0.25) is 0 Å². The van der Waals surface area contributed by atoms with Crippen molar-refractivity contribution in [2.75, 3.05) is 26.2 Å². The fraction of sp³-hybridized carbons (Fsp3) is 0.500. The van der Waals surface area contributed by atoms with E-state index in [0.717, 1.165) is 31.7 Å². The zero-order chi connectivity index (χ0) is 12.3. The molecule has 0 bridgehead atoms. The summed E-state index contributed by atoms with van der Waals surface area (Å²) in [6, 6.07) is 10.6. The summed E-state index contributed by atoms with van der Waals surface area (Å²) in [5, 5.41) is 8.20. The average molecular weight is 231 g/mol. The van der Waals surface area contributed by atoms with Crippen LogP contribution in [0.5, 0.6) is 0 Å². The van der Waals surface area contributed by atoms with Crippen LogP contribution in [0.15, 0.2) is 30.3 Å². The molecule has 0 atom stereocenters. The van der Waals surface area contributed by atoms with Crippen molar-refractivity contribution in [3.05, 3.63) is 35.9 Å². The first-order valence-electron chi connectivity index (χ1n) is 6.31. The molecule has 1 aliphatic rings. The summed E-state index contributed by atoms with van der Waals surface area (Å²) in [5.74, 6) is 0.661. The van der Waals surface area contributed by atoms with Crippen LogP contribution in [0.25, 0.3) is 0 Å². The van der Waals surface area contributed by atoms with Crippen LogP contribution in [0.4, 0.5) is 0 Å². The van der Waals surface area contributed by atoms with Crippen LogP contribution in [0, 0.1) is 5.41 Å². The predicted octanol–water partition coefficient (Wildman–Crippen LogP) is 2.04. The van der Waals surface area contributed by atoms with Gasteiger partial charge < -0.3 is 4.90 Å². The number of amidine groups is 1. The summed E-state index contributed by atoms with van der Waals surface area (Å²) in [4.78, 5) is 4.64. The minimum absolute atomic E-state index is 0.614. The molecule has 92 valence electrons. The Hall–Kier alpha value is -1.35. The van der Waals surface area contributed by atoms with Gasteiger partial charge in [-0.2, -0.15) is 0 Å². The van der Waals surface area contributed by atoms with Crippen LogP contribution in [-0.2, 0) is 0 Å². The van der Waals surface area contributed by atoms with Gasteiger partial charge in [-0.15, -0.1) is 0 Å². The molecule has 1 fully saturated rings. The maximum Gasteiger partial charge on any atom is 0.128 e. The van der Waals surface area contributed by atoms with Crippen molar-refractivity contribution >= 4 is 5.84 Å². The molecule has 0 aliphatic carbocycles. The van der Waals surface area contributed by atoms with Gasteiger partial charge in [-0.3, -0.25) is 10.3 Å². The monoisotopic (exact) mass is 231 g/mol. The summed E-state index contributed by atoms with van der Waals surface area (Å²) >= 11 is 0. The van der Waals surface area contributed by atoms with Crippen molar-refractivity contribution in [1.82, 2.24) is 9.80 Å². The zero-order valence-electron chi connectivity index (χ0n) is 10.7. The lowest BCUT2D eigenvalue weighted by Gasteiger charge is -2.38. The first-order chi connectivity index (χ1) is 8.18. The van der Waals surface area contributed by atoms with E-state index in [1.807, 2.05) is 30.3 Å². The highest BCUT2D eigenvalue weighted by atomic mass is 15.3. The lowest BCUT2D eigenvalue weighted by atomic mass is 10.1. The molecular formula is C14H21N3. The normalized spacial score (nSPS) is 17.5. The van der Waals surface area contributed by atoms with Crippen LogP contribution in [-0.4, -0.2) is 47.9 Å². The number of piperazine rings is 1. The standard InChI is InChI=1S/C14H21N3/c1-12(2)16-8-10-17(11-9-16)14(15)13-6-4-3-5-7-13/h3-7,12,15H,8-11H2,1-2H3. The van der Waals surface area contributed by atoms with Crippen LogP contribution < -0.4 is 0 Å². The maximum absolute atomic E-state index is 8.20. The minimum atomic E-state index is 0.614. The van der Waals surface area contributed by atoms with E-state index in [1.165, 1.54) is 0 Å². The highest BCUT2D eigenvalue weighted by Crippen LogP contribution is 2.10. The van der Waals surface area contributed by atoms with E-state index in [2.05, 4.69) is 23.6 Å². The smallest absolute Gasteiger partial charge is 0.128 e. The van der Waals surface area contributed by atoms with Gasteiger partial charge in [0.1, 0.15) is 5.84 Å². The lowest BCUT2D eigenvalue weighted by Crippen LogP contribution is -2.50. The first kappa shape index (κ1) is 12.1. The van der Waals surface area contributed by atoms with Gasteiger partial charge in [0, 0.05) is 37.8 Å². The van der Waals surface area contributed by atoms with Crippen LogP contribution in [0.1, 0.15) is 19.4 Å². The van der Waals surface area contributed by atoms with Gasteiger partial charge in [0.2, 0.25) is 0 Å². The number of hydrogen-bond donors (Lipinski definition) is 1. The van der Waals surface area contributed by atoms with E-state index in [9.17, 15) is 0 Å². The van der Waals surface area contributed by atoms with Gasteiger partial charge >= 0.3 is 0 Å². The fourth-order valence-electron chi connectivity index (χ4n) is 2.24. The molecule has 3 nitrogen and oxygen atoms in total. The molecule has 0 aromatic heterocycles. The molecule has 1 heterocycles. The molecule has 17 heavy (non-hydrogen) atoms. The number of rotatable bonds is 2. The summed E-state index contributed by atoms with van der Waals surface area (Å²) < 4.78 is 0. The SMILES string of the molecule is CC(C)N1CCN(C(=N)c2ccccc2)CC1. The molecule has 1 aliphatic heterocycles. The number of hydrogen-bond acceptors (Lipinski definition) is 2. The minimum Gasteiger partial charge on any atom is -0.354 e. The van der Waals surface area contributed by atoms with Crippen molar-refractivity contribution in [2.24, 2.45) is 0 Å². The van der Waals surface area contributed by atoms with E-state index < -0.39 is 0 Å². The highest BCUT2D eigenvalue weighted by Gasteiger charge is 2.20. The Balaban J connectivity index is 1.95. The summed E-state index contributed by atoms with van der Waals surface area (Å²) in [6.45, 7) is 8.52. The van der Waals surface area contributed by atoms with Gasteiger partial charge in [-0.05, 0) is 13.8 Å². The molecule has 1 saturated heterocycles. The molecule has 3 heteroatoms. The lowest BCUT2D eigenvalue weighted by molar-refractivity contribution is 0.148.